The van der Waals surface area contributed by atoms with E-state index in [0.29, 0.717) is 17.6 Å². The molecule has 7 nitrogen and oxygen atoms in total. The van der Waals surface area contributed by atoms with Crippen molar-refractivity contribution in [3.8, 4) is 11.6 Å². The summed E-state index contributed by atoms with van der Waals surface area (Å²) in [5, 5.41) is 11.4. The highest BCUT2D eigenvalue weighted by Gasteiger charge is 2.25. The number of anilines is 1. The van der Waals surface area contributed by atoms with Crippen molar-refractivity contribution in [3.05, 3.63) is 71.5 Å². The molecule has 3 heterocycles. The van der Waals surface area contributed by atoms with Crippen molar-refractivity contribution in [2.75, 3.05) is 18.0 Å². The zero-order valence-corrected chi connectivity index (χ0v) is 17.1. The number of piperidine rings is 1. The van der Waals surface area contributed by atoms with Gasteiger partial charge in [0.15, 0.2) is 11.0 Å². The Labute approximate surface area is 180 Å². The number of para-hydroxylation sites is 1. The largest absolute Gasteiger partial charge is 0.439 e. The maximum atomic E-state index is 12.6. The lowest BCUT2D eigenvalue weighted by Gasteiger charge is -2.31. The van der Waals surface area contributed by atoms with Gasteiger partial charge in [-0.1, -0.05) is 29.8 Å². The highest BCUT2D eigenvalue weighted by molar-refractivity contribution is 6.29. The van der Waals surface area contributed by atoms with Crippen molar-refractivity contribution in [3.63, 3.8) is 0 Å². The number of hydrogen-bond donors (Lipinski definition) is 1. The number of amides is 1. The first-order valence-electron chi connectivity index (χ1n) is 9.87. The molecule has 1 amide bonds. The molecule has 4 rings (SSSR count). The standard InChI is InChI=1S/C22H22ClN5O2/c23-19-6-7-20(27-26-19)28-12-9-17(10-13-28)22(29)25-15-16-8-11-24-21(14-16)30-18-4-2-1-3-5-18/h1-8,11,14,17H,9-10,12-13,15H2,(H,25,29). The Hall–Kier alpha value is -3.19. The van der Waals surface area contributed by atoms with Crippen molar-refractivity contribution < 1.29 is 9.53 Å². The van der Waals surface area contributed by atoms with Gasteiger partial charge in [-0.2, -0.15) is 0 Å². The zero-order chi connectivity index (χ0) is 20.8. The number of carbonyl (C=O) groups excluding carboxylic acids is 1. The monoisotopic (exact) mass is 423 g/mol. The highest BCUT2D eigenvalue weighted by Crippen LogP contribution is 2.23. The van der Waals surface area contributed by atoms with Gasteiger partial charge >= 0.3 is 0 Å². The second-order valence-electron chi connectivity index (χ2n) is 7.11. The Bertz CT molecular complexity index is 976. The summed E-state index contributed by atoms with van der Waals surface area (Å²) in [5.74, 6) is 2.08. The maximum absolute atomic E-state index is 12.6. The summed E-state index contributed by atoms with van der Waals surface area (Å²) in [6.45, 7) is 1.97. The van der Waals surface area contributed by atoms with E-state index in [-0.39, 0.29) is 11.8 Å². The van der Waals surface area contributed by atoms with Crippen LogP contribution in [-0.2, 0) is 11.3 Å². The molecular weight excluding hydrogens is 402 g/mol. The smallest absolute Gasteiger partial charge is 0.223 e. The molecule has 1 saturated heterocycles. The van der Waals surface area contributed by atoms with E-state index in [1.54, 1.807) is 12.3 Å². The van der Waals surface area contributed by atoms with Crippen LogP contribution in [0.2, 0.25) is 5.15 Å². The van der Waals surface area contributed by atoms with Crippen LogP contribution >= 0.6 is 11.6 Å². The van der Waals surface area contributed by atoms with Crippen LogP contribution in [0.4, 0.5) is 5.82 Å². The second kappa shape index (κ2) is 9.54. The molecule has 0 aliphatic carbocycles. The molecule has 0 unspecified atom stereocenters. The molecule has 8 heteroatoms. The molecule has 0 saturated carbocycles. The molecule has 0 radical (unpaired) electrons. The molecule has 0 atom stereocenters. The number of pyridine rings is 1. The molecule has 1 aromatic carbocycles. The molecule has 2 aromatic heterocycles. The molecule has 1 N–H and O–H groups in total. The molecule has 1 aliphatic rings. The van der Waals surface area contributed by atoms with Crippen LogP contribution < -0.4 is 15.0 Å². The molecule has 0 spiro atoms. The topological polar surface area (TPSA) is 80.2 Å². The van der Waals surface area contributed by atoms with E-state index in [1.165, 1.54) is 0 Å². The minimum atomic E-state index is -0.0108. The number of nitrogens with one attached hydrogen (secondary N) is 1. The van der Waals surface area contributed by atoms with E-state index in [4.69, 9.17) is 16.3 Å². The van der Waals surface area contributed by atoms with Crippen LogP contribution in [0.1, 0.15) is 18.4 Å². The maximum Gasteiger partial charge on any atom is 0.223 e. The zero-order valence-electron chi connectivity index (χ0n) is 16.4. The summed E-state index contributed by atoms with van der Waals surface area (Å²) in [4.78, 5) is 19.0. The number of rotatable bonds is 6. The van der Waals surface area contributed by atoms with Gasteiger partial charge in [0.05, 0.1) is 0 Å². The third-order valence-electron chi connectivity index (χ3n) is 5.04. The number of hydrogen-bond acceptors (Lipinski definition) is 6. The highest BCUT2D eigenvalue weighted by atomic mass is 35.5. The molecule has 3 aromatic rings. The third-order valence-corrected chi connectivity index (χ3v) is 5.24. The fraction of sp³-hybridized carbons (Fsp3) is 0.273. The van der Waals surface area contributed by atoms with E-state index < -0.39 is 0 Å². The minimum Gasteiger partial charge on any atom is -0.439 e. The van der Waals surface area contributed by atoms with Crippen molar-refractivity contribution in [1.82, 2.24) is 20.5 Å². The van der Waals surface area contributed by atoms with Gasteiger partial charge in [-0.3, -0.25) is 4.79 Å². The molecule has 154 valence electrons. The summed E-state index contributed by atoms with van der Waals surface area (Å²) in [6, 6.07) is 16.8. The SMILES string of the molecule is O=C(NCc1ccnc(Oc2ccccc2)c1)C1CCN(c2ccc(Cl)nn2)CC1. The average Bonchev–Trinajstić information content (AvgIpc) is 2.79. The molecule has 1 aliphatic heterocycles. The summed E-state index contributed by atoms with van der Waals surface area (Å²) < 4.78 is 5.75. The van der Waals surface area contributed by atoms with E-state index >= 15 is 0 Å². The van der Waals surface area contributed by atoms with E-state index in [2.05, 4.69) is 25.4 Å². The van der Waals surface area contributed by atoms with Crippen LogP contribution in [0.3, 0.4) is 0 Å². The average molecular weight is 424 g/mol. The van der Waals surface area contributed by atoms with Gasteiger partial charge < -0.3 is 15.0 Å². The normalized spacial score (nSPS) is 14.4. The summed E-state index contributed by atoms with van der Waals surface area (Å²) in [6.07, 6.45) is 3.23. The van der Waals surface area contributed by atoms with E-state index in [0.717, 1.165) is 43.1 Å². The Kier molecular flexibility index (Phi) is 6.39. The predicted octanol–water partition coefficient (Wildman–Crippen LogP) is 3.85. The van der Waals surface area contributed by atoms with Gasteiger partial charge in [0, 0.05) is 37.8 Å². The van der Waals surface area contributed by atoms with Crippen LogP contribution in [0.25, 0.3) is 0 Å². The number of aromatic nitrogens is 3. The molecule has 1 fully saturated rings. The molecular formula is C22H22ClN5O2. The number of ether oxygens (including phenoxy) is 1. The van der Waals surface area contributed by atoms with Gasteiger partial charge in [0.2, 0.25) is 11.8 Å². The van der Waals surface area contributed by atoms with Gasteiger partial charge in [0.25, 0.3) is 0 Å². The Morgan fingerprint density at radius 2 is 1.90 bits per heavy atom. The lowest BCUT2D eigenvalue weighted by Crippen LogP contribution is -2.40. The van der Waals surface area contributed by atoms with E-state index in [9.17, 15) is 4.79 Å². The number of nitrogens with zero attached hydrogens (tertiary/aromatic N) is 4. The number of carbonyl (C=O) groups is 1. The molecule has 0 bridgehead atoms. The van der Waals surface area contributed by atoms with Crippen molar-refractivity contribution in [2.24, 2.45) is 5.92 Å². The van der Waals surface area contributed by atoms with Crippen molar-refractivity contribution >= 4 is 23.3 Å². The summed E-state index contributed by atoms with van der Waals surface area (Å²) in [5.41, 5.74) is 0.943. The quantitative estimate of drug-likeness (QED) is 0.648. The van der Waals surface area contributed by atoms with Crippen molar-refractivity contribution in [1.29, 1.82) is 0 Å². The number of benzene rings is 1. The first kappa shape index (κ1) is 20.1. The van der Waals surface area contributed by atoms with Gasteiger partial charge in [0.1, 0.15) is 5.75 Å². The van der Waals surface area contributed by atoms with E-state index in [1.807, 2.05) is 48.5 Å². The fourth-order valence-corrected chi connectivity index (χ4v) is 3.51. The van der Waals surface area contributed by atoms with Crippen LogP contribution in [-0.4, -0.2) is 34.2 Å². The molecule has 30 heavy (non-hydrogen) atoms. The Morgan fingerprint density at radius 3 is 2.63 bits per heavy atom. The Balaban J connectivity index is 1.27. The van der Waals surface area contributed by atoms with Gasteiger partial charge in [-0.15, -0.1) is 10.2 Å². The number of halogens is 1. The fourth-order valence-electron chi connectivity index (χ4n) is 3.41. The third kappa shape index (κ3) is 5.24. The Morgan fingerprint density at radius 1 is 1.10 bits per heavy atom. The van der Waals surface area contributed by atoms with Gasteiger partial charge in [-0.25, -0.2) is 4.98 Å². The lowest BCUT2D eigenvalue weighted by molar-refractivity contribution is -0.125. The minimum absolute atomic E-state index is 0.0108. The van der Waals surface area contributed by atoms with Crippen LogP contribution in [0, 0.1) is 5.92 Å². The van der Waals surface area contributed by atoms with Gasteiger partial charge in [-0.05, 0) is 48.7 Å². The second-order valence-corrected chi connectivity index (χ2v) is 7.50. The lowest BCUT2D eigenvalue weighted by atomic mass is 9.96. The van der Waals surface area contributed by atoms with Crippen LogP contribution in [0.15, 0.2) is 60.8 Å². The first-order chi connectivity index (χ1) is 14.7. The van der Waals surface area contributed by atoms with Crippen molar-refractivity contribution in [2.45, 2.75) is 19.4 Å². The summed E-state index contributed by atoms with van der Waals surface area (Å²) in [7, 11) is 0. The summed E-state index contributed by atoms with van der Waals surface area (Å²) >= 11 is 5.79. The van der Waals surface area contributed by atoms with Crippen LogP contribution in [0.5, 0.6) is 11.6 Å². The first-order valence-corrected chi connectivity index (χ1v) is 10.2. The predicted molar refractivity (Wildman–Crippen MR) is 115 cm³/mol.